The van der Waals surface area contributed by atoms with Crippen molar-refractivity contribution in [1.82, 2.24) is 15.1 Å². The second-order valence-corrected chi connectivity index (χ2v) is 8.30. The Morgan fingerprint density at radius 3 is 2.58 bits per heavy atom. The minimum absolute atomic E-state index is 0.153. The van der Waals surface area contributed by atoms with E-state index in [2.05, 4.69) is 10.2 Å². The van der Waals surface area contributed by atoms with Gasteiger partial charge in [-0.25, -0.2) is 4.39 Å². The lowest BCUT2D eigenvalue weighted by Crippen LogP contribution is -2.49. The predicted molar refractivity (Wildman–Crippen MR) is 122 cm³/mol. The molecule has 2 heterocycles. The number of carbonyl (C=O) groups excluding carboxylic acids is 2. The Balaban J connectivity index is 1.64. The van der Waals surface area contributed by atoms with E-state index in [0.717, 1.165) is 19.6 Å². The fourth-order valence-electron chi connectivity index (χ4n) is 4.61. The molecule has 2 aromatic rings. The summed E-state index contributed by atoms with van der Waals surface area (Å²) in [6.45, 7) is 4.98. The molecule has 2 amide bonds. The minimum atomic E-state index is -0.620. The average molecular weight is 456 g/mol. The van der Waals surface area contributed by atoms with E-state index in [1.165, 1.54) is 12.1 Å². The van der Waals surface area contributed by atoms with Crippen molar-refractivity contribution in [2.75, 3.05) is 59.7 Å². The van der Waals surface area contributed by atoms with Gasteiger partial charge in [-0.15, -0.1) is 0 Å². The van der Waals surface area contributed by atoms with Crippen molar-refractivity contribution in [3.05, 3.63) is 71.0 Å². The highest BCUT2D eigenvalue weighted by atomic mass is 19.1. The number of morpholine rings is 1. The first-order chi connectivity index (χ1) is 16.1. The van der Waals surface area contributed by atoms with Gasteiger partial charge in [-0.2, -0.15) is 0 Å². The van der Waals surface area contributed by atoms with Gasteiger partial charge in [0, 0.05) is 45.4 Å². The van der Waals surface area contributed by atoms with E-state index in [4.69, 9.17) is 9.47 Å². The second kappa shape index (κ2) is 10.9. The first-order valence-corrected chi connectivity index (χ1v) is 11.3. The Bertz CT molecular complexity index is 962. The number of nitrogens with one attached hydrogen (secondary N) is 1. The summed E-state index contributed by atoms with van der Waals surface area (Å²) < 4.78 is 24.3. The molecule has 0 bridgehead atoms. The molecule has 8 heteroatoms. The maximum atomic E-state index is 13.7. The summed E-state index contributed by atoms with van der Waals surface area (Å²) in [4.78, 5) is 30.9. The number of methoxy groups -OCH3 is 1. The highest BCUT2D eigenvalue weighted by molar-refractivity contribution is 6.01. The number of benzene rings is 2. The van der Waals surface area contributed by atoms with Gasteiger partial charge in [0.05, 0.1) is 31.8 Å². The van der Waals surface area contributed by atoms with Gasteiger partial charge in [-0.3, -0.25) is 14.5 Å². The summed E-state index contributed by atoms with van der Waals surface area (Å²) in [5, 5.41) is 3.08. The molecule has 0 spiro atoms. The number of nitrogens with zero attached hydrogens (tertiary/aromatic N) is 2. The number of rotatable bonds is 8. The summed E-state index contributed by atoms with van der Waals surface area (Å²) in [7, 11) is 1.57. The van der Waals surface area contributed by atoms with Gasteiger partial charge in [0.2, 0.25) is 5.91 Å². The van der Waals surface area contributed by atoms with Crippen molar-refractivity contribution in [3.63, 3.8) is 0 Å². The topological polar surface area (TPSA) is 71.1 Å². The van der Waals surface area contributed by atoms with E-state index >= 15 is 0 Å². The van der Waals surface area contributed by atoms with Crippen LogP contribution in [0, 0.1) is 5.82 Å². The SMILES string of the molecule is COCCN1C(=O)c2ccccc2[C@@H](C(=O)NCCN2CCOCC2)[C@H]1c1ccc(F)cc1. The Labute approximate surface area is 193 Å². The van der Waals surface area contributed by atoms with Crippen LogP contribution in [0.15, 0.2) is 48.5 Å². The van der Waals surface area contributed by atoms with Crippen LogP contribution in [0.4, 0.5) is 4.39 Å². The molecule has 0 aromatic heterocycles. The van der Waals surface area contributed by atoms with Crippen LogP contribution in [-0.2, 0) is 14.3 Å². The molecule has 0 saturated carbocycles. The van der Waals surface area contributed by atoms with Gasteiger partial charge in [-0.1, -0.05) is 30.3 Å². The molecule has 4 rings (SSSR count). The fraction of sp³-hybridized carbons (Fsp3) is 0.440. The van der Waals surface area contributed by atoms with Crippen molar-refractivity contribution >= 4 is 11.8 Å². The third-order valence-corrected chi connectivity index (χ3v) is 6.30. The van der Waals surface area contributed by atoms with Gasteiger partial charge >= 0.3 is 0 Å². The lowest BCUT2D eigenvalue weighted by molar-refractivity contribution is -0.124. The van der Waals surface area contributed by atoms with Crippen molar-refractivity contribution in [3.8, 4) is 0 Å². The molecular formula is C25H30FN3O4. The van der Waals surface area contributed by atoms with Crippen LogP contribution in [0.2, 0.25) is 0 Å². The minimum Gasteiger partial charge on any atom is -0.383 e. The number of fused-ring (bicyclic) bond motifs is 1. The Hall–Kier alpha value is -2.81. The summed E-state index contributed by atoms with van der Waals surface area (Å²) in [6, 6.07) is 12.7. The first-order valence-electron chi connectivity index (χ1n) is 11.3. The molecular weight excluding hydrogens is 425 g/mol. The molecule has 1 N–H and O–H groups in total. The monoisotopic (exact) mass is 455 g/mol. The predicted octanol–water partition coefficient (Wildman–Crippen LogP) is 2.20. The fourth-order valence-corrected chi connectivity index (χ4v) is 4.61. The molecule has 2 atom stereocenters. The largest absolute Gasteiger partial charge is 0.383 e. The highest BCUT2D eigenvalue weighted by Gasteiger charge is 2.43. The maximum absolute atomic E-state index is 13.7. The van der Waals surface area contributed by atoms with Crippen LogP contribution in [0.3, 0.4) is 0 Å². The Morgan fingerprint density at radius 1 is 1.12 bits per heavy atom. The van der Waals surface area contributed by atoms with Gasteiger partial charge in [-0.05, 0) is 29.3 Å². The number of hydrogen-bond acceptors (Lipinski definition) is 5. The number of carbonyl (C=O) groups is 2. The molecule has 2 aliphatic rings. The quantitative estimate of drug-likeness (QED) is 0.661. The highest BCUT2D eigenvalue weighted by Crippen LogP contribution is 2.42. The van der Waals surface area contributed by atoms with Crippen LogP contribution in [-0.4, -0.2) is 81.3 Å². The number of halogens is 1. The average Bonchev–Trinajstić information content (AvgIpc) is 2.84. The molecule has 33 heavy (non-hydrogen) atoms. The molecule has 7 nitrogen and oxygen atoms in total. The van der Waals surface area contributed by atoms with Crippen LogP contribution in [0.25, 0.3) is 0 Å². The first kappa shape index (κ1) is 23.4. The standard InChI is InChI=1S/C25H30FN3O4/c1-32-15-14-29-23(18-6-8-19(26)9-7-18)22(20-4-2-3-5-21(20)25(29)31)24(30)27-10-11-28-12-16-33-17-13-28/h2-9,22-23H,10-17H2,1H3,(H,27,30)/t22-,23-/m1/s1. The van der Waals surface area contributed by atoms with Gasteiger partial charge in [0.1, 0.15) is 5.82 Å². The van der Waals surface area contributed by atoms with Crippen molar-refractivity contribution < 1.29 is 23.5 Å². The zero-order valence-corrected chi connectivity index (χ0v) is 18.8. The van der Waals surface area contributed by atoms with Crippen LogP contribution < -0.4 is 5.32 Å². The van der Waals surface area contributed by atoms with E-state index < -0.39 is 12.0 Å². The molecule has 0 radical (unpaired) electrons. The van der Waals surface area contributed by atoms with Crippen LogP contribution in [0.5, 0.6) is 0 Å². The summed E-state index contributed by atoms with van der Waals surface area (Å²) in [6.07, 6.45) is 0. The van der Waals surface area contributed by atoms with E-state index in [1.54, 1.807) is 36.3 Å². The third-order valence-electron chi connectivity index (χ3n) is 6.30. The van der Waals surface area contributed by atoms with Crippen molar-refractivity contribution in [1.29, 1.82) is 0 Å². The molecule has 1 saturated heterocycles. The Morgan fingerprint density at radius 2 is 1.85 bits per heavy atom. The molecule has 2 aromatic carbocycles. The van der Waals surface area contributed by atoms with E-state index in [-0.39, 0.29) is 17.6 Å². The lowest BCUT2D eigenvalue weighted by Gasteiger charge is -2.42. The van der Waals surface area contributed by atoms with Crippen molar-refractivity contribution in [2.24, 2.45) is 0 Å². The molecule has 0 aliphatic carbocycles. The second-order valence-electron chi connectivity index (χ2n) is 8.30. The van der Waals surface area contributed by atoms with E-state index in [1.807, 2.05) is 12.1 Å². The number of amides is 2. The maximum Gasteiger partial charge on any atom is 0.254 e. The molecule has 2 aliphatic heterocycles. The zero-order chi connectivity index (χ0) is 23.2. The number of hydrogen-bond donors (Lipinski definition) is 1. The lowest BCUT2D eigenvalue weighted by atomic mass is 9.79. The van der Waals surface area contributed by atoms with Gasteiger partial charge < -0.3 is 19.7 Å². The normalized spacial score (nSPS) is 21.0. The van der Waals surface area contributed by atoms with Gasteiger partial charge in [0.15, 0.2) is 0 Å². The zero-order valence-electron chi connectivity index (χ0n) is 18.8. The van der Waals surface area contributed by atoms with E-state index in [0.29, 0.717) is 49.6 Å². The number of ether oxygens (including phenoxy) is 2. The van der Waals surface area contributed by atoms with Crippen LogP contribution >= 0.6 is 0 Å². The van der Waals surface area contributed by atoms with E-state index in [9.17, 15) is 14.0 Å². The van der Waals surface area contributed by atoms with Gasteiger partial charge in [0.25, 0.3) is 5.91 Å². The van der Waals surface area contributed by atoms with Crippen molar-refractivity contribution in [2.45, 2.75) is 12.0 Å². The smallest absolute Gasteiger partial charge is 0.254 e. The third kappa shape index (κ3) is 5.24. The Kier molecular flexibility index (Phi) is 7.69. The van der Waals surface area contributed by atoms with Crippen LogP contribution in [0.1, 0.15) is 33.4 Å². The summed E-state index contributed by atoms with van der Waals surface area (Å²) in [5.74, 6) is -1.29. The summed E-state index contributed by atoms with van der Waals surface area (Å²) in [5.41, 5.74) is 1.92. The molecule has 0 unspecified atom stereocenters. The molecule has 1 fully saturated rings. The summed E-state index contributed by atoms with van der Waals surface area (Å²) >= 11 is 0. The molecule has 176 valence electrons.